The number of Topliss-reactive ketones (excluding diaryl/α,β-unsaturated/α-hetero) is 1. The minimum Gasteiger partial charge on any atom is -0.508 e. The molecule has 1 heterocycles. The van der Waals surface area contributed by atoms with Gasteiger partial charge in [0.05, 0.1) is 19.6 Å². The Labute approximate surface area is 207 Å². The van der Waals surface area contributed by atoms with Crippen LogP contribution in [0.15, 0.2) is 48.1 Å². The molecule has 1 aliphatic heterocycles. The number of ether oxygens (including phenoxy) is 3. The van der Waals surface area contributed by atoms with Crippen LogP contribution in [-0.4, -0.2) is 29.2 Å². The highest BCUT2D eigenvalue weighted by atomic mass is 16.5. The van der Waals surface area contributed by atoms with Crippen molar-refractivity contribution in [3.63, 3.8) is 0 Å². The molecule has 2 N–H and O–H groups in total. The van der Waals surface area contributed by atoms with Gasteiger partial charge in [0.1, 0.15) is 40.4 Å². The fourth-order valence-electron chi connectivity index (χ4n) is 4.30. The first kappa shape index (κ1) is 26.2. The summed E-state index contributed by atoms with van der Waals surface area (Å²) in [4.78, 5) is 13.4. The van der Waals surface area contributed by atoms with Gasteiger partial charge >= 0.3 is 0 Å². The van der Waals surface area contributed by atoms with Gasteiger partial charge in [-0.3, -0.25) is 4.79 Å². The van der Waals surface area contributed by atoms with E-state index in [0.29, 0.717) is 53.6 Å². The summed E-state index contributed by atoms with van der Waals surface area (Å²) in [6.45, 7) is 14.7. The standard InChI is InChI=1S/C29H36O6/c1-7-33-25-14-20(30)11-12-21(25)26-16-24(32)28-27(34-8-2)15-23(31)22(29(28)35-26)13-19(18(5)6)10-9-17(3)4/h9,11-12,14-15,19,26,30-31H,5,7-8,10,13,16H2,1-4,6H3/t19-,26+/m0/s1. The topological polar surface area (TPSA) is 85.2 Å². The second-order valence-corrected chi connectivity index (χ2v) is 9.16. The van der Waals surface area contributed by atoms with E-state index in [0.717, 1.165) is 12.0 Å². The maximum atomic E-state index is 13.4. The molecule has 0 bridgehead atoms. The molecule has 0 aromatic heterocycles. The molecule has 3 rings (SSSR count). The summed E-state index contributed by atoms with van der Waals surface area (Å²) in [6.07, 6.45) is 2.84. The Bertz CT molecular complexity index is 1130. The highest BCUT2D eigenvalue weighted by Crippen LogP contribution is 2.48. The lowest BCUT2D eigenvalue weighted by Crippen LogP contribution is -2.23. The molecular weight excluding hydrogens is 444 g/mol. The smallest absolute Gasteiger partial charge is 0.174 e. The molecular formula is C29H36O6. The Kier molecular flexibility index (Phi) is 8.49. The molecule has 2 atom stereocenters. The first-order chi connectivity index (χ1) is 16.7. The molecule has 35 heavy (non-hydrogen) atoms. The molecule has 0 aliphatic carbocycles. The summed E-state index contributed by atoms with van der Waals surface area (Å²) < 4.78 is 17.9. The highest BCUT2D eigenvalue weighted by Gasteiger charge is 2.36. The van der Waals surface area contributed by atoms with Crippen molar-refractivity contribution >= 4 is 5.78 Å². The van der Waals surface area contributed by atoms with Crippen molar-refractivity contribution in [3.8, 4) is 28.7 Å². The van der Waals surface area contributed by atoms with Gasteiger partial charge in [-0.1, -0.05) is 23.8 Å². The third-order valence-electron chi connectivity index (χ3n) is 6.14. The summed E-state index contributed by atoms with van der Waals surface area (Å²) in [7, 11) is 0. The normalized spacial score (nSPS) is 15.6. The van der Waals surface area contributed by atoms with E-state index in [1.54, 1.807) is 12.1 Å². The number of carbonyl (C=O) groups excluding carboxylic acids is 1. The maximum Gasteiger partial charge on any atom is 0.174 e. The number of fused-ring (bicyclic) bond motifs is 1. The number of hydrogen-bond donors (Lipinski definition) is 2. The second-order valence-electron chi connectivity index (χ2n) is 9.16. The van der Waals surface area contributed by atoms with E-state index in [4.69, 9.17) is 14.2 Å². The largest absolute Gasteiger partial charge is 0.508 e. The van der Waals surface area contributed by atoms with E-state index in [1.165, 1.54) is 17.7 Å². The zero-order valence-corrected chi connectivity index (χ0v) is 21.3. The molecule has 6 heteroatoms. The Morgan fingerprint density at radius 3 is 2.46 bits per heavy atom. The molecule has 0 fully saturated rings. The van der Waals surface area contributed by atoms with Gasteiger partial charge < -0.3 is 24.4 Å². The fourth-order valence-corrected chi connectivity index (χ4v) is 4.30. The molecule has 2 aromatic carbocycles. The van der Waals surface area contributed by atoms with Gasteiger partial charge in [0, 0.05) is 23.3 Å². The van der Waals surface area contributed by atoms with E-state index in [1.807, 2.05) is 34.6 Å². The Balaban J connectivity index is 2.12. The van der Waals surface area contributed by atoms with Crippen LogP contribution in [0.3, 0.4) is 0 Å². The lowest BCUT2D eigenvalue weighted by molar-refractivity contribution is 0.0836. The molecule has 1 aliphatic rings. The summed E-state index contributed by atoms with van der Waals surface area (Å²) in [6, 6.07) is 6.29. The zero-order valence-electron chi connectivity index (χ0n) is 21.3. The fraction of sp³-hybridized carbons (Fsp3) is 0.414. The highest BCUT2D eigenvalue weighted by molar-refractivity contribution is 6.03. The van der Waals surface area contributed by atoms with E-state index in [2.05, 4.69) is 12.7 Å². The van der Waals surface area contributed by atoms with Crippen molar-refractivity contribution in [1.29, 1.82) is 0 Å². The van der Waals surface area contributed by atoms with Crippen LogP contribution in [0, 0.1) is 5.92 Å². The minimum absolute atomic E-state index is 0.0276. The summed E-state index contributed by atoms with van der Waals surface area (Å²) in [5, 5.41) is 21.0. The molecule has 0 amide bonds. The van der Waals surface area contributed by atoms with Gasteiger partial charge in [-0.05, 0) is 65.5 Å². The summed E-state index contributed by atoms with van der Waals surface area (Å²) in [5.74, 6) is 1.15. The average Bonchev–Trinajstić information content (AvgIpc) is 2.78. The first-order valence-corrected chi connectivity index (χ1v) is 12.1. The zero-order chi connectivity index (χ0) is 25.7. The third-order valence-corrected chi connectivity index (χ3v) is 6.14. The maximum absolute atomic E-state index is 13.4. The second kappa shape index (κ2) is 11.3. The van der Waals surface area contributed by atoms with E-state index < -0.39 is 6.10 Å². The molecule has 188 valence electrons. The predicted octanol–water partition coefficient (Wildman–Crippen LogP) is 6.69. The number of benzene rings is 2. The van der Waals surface area contributed by atoms with Crippen molar-refractivity contribution in [2.24, 2.45) is 5.92 Å². The lowest BCUT2D eigenvalue weighted by atomic mass is 9.86. The number of ketones is 1. The van der Waals surface area contributed by atoms with Crippen LogP contribution in [0.2, 0.25) is 0 Å². The number of carbonyl (C=O) groups is 1. The third kappa shape index (κ3) is 5.99. The Morgan fingerprint density at radius 2 is 1.83 bits per heavy atom. The van der Waals surface area contributed by atoms with Crippen molar-refractivity contribution in [2.75, 3.05) is 13.2 Å². The van der Waals surface area contributed by atoms with Crippen molar-refractivity contribution in [1.82, 2.24) is 0 Å². The van der Waals surface area contributed by atoms with Crippen molar-refractivity contribution in [2.45, 2.75) is 60.0 Å². The summed E-state index contributed by atoms with van der Waals surface area (Å²) in [5.41, 5.74) is 3.78. The van der Waals surface area contributed by atoms with Crippen LogP contribution >= 0.6 is 0 Å². The predicted molar refractivity (Wildman–Crippen MR) is 137 cm³/mol. The SMILES string of the molecule is C=C(C)[C@@H](CC=C(C)C)Cc1c(O)cc(OCC)c2c1O[C@@H](c1ccc(O)cc1OCC)CC2=O. The minimum atomic E-state index is -0.631. The van der Waals surface area contributed by atoms with E-state index in [9.17, 15) is 15.0 Å². The number of hydrogen-bond acceptors (Lipinski definition) is 6. The first-order valence-electron chi connectivity index (χ1n) is 12.1. The number of rotatable bonds is 10. The Hall–Kier alpha value is -3.41. The van der Waals surface area contributed by atoms with Gasteiger partial charge in [0.15, 0.2) is 5.78 Å². The molecule has 2 aromatic rings. The van der Waals surface area contributed by atoms with E-state index in [-0.39, 0.29) is 29.6 Å². The molecule has 0 radical (unpaired) electrons. The van der Waals surface area contributed by atoms with Gasteiger partial charge in [0.25, 0.3) is 0 Å². The summed E-state index contributed by atoms with van der Waals surface area (Å²) >= 11 is 0. The van der Waals surface area contributed by atoms with Crippen LogP contribution in [0.5, 0.6) is 28.7 Å². The average molecular weight is 481 g/mol. The number of phenols is 2. The van der Waals surface area contributed by atoms with Crippen LogP contribution in [0.25, 0.3) is 0 Å². The van der Waals surface area contributed by atoms with Crippen molar-refractivity contribution in [3.05, 3.63) is 64.8 Å². The Morgan fingerprint density at radius 1 is 1.14 bits per heavy atom. The number of aromatic hydroxyl groups is 2. The van der Waals surface area contributed by atoms with Crippen LogP contribution in [0.4, 0.5) is 0 Å². The van der Waals surface area contributed by atoms with Crippen molar-refractivity contribution < 1.29 is 29.2 Å². The molecule has 0 spiro atoms. The molecule has 0 saturated heterocycles. The van der Waals surface area contributed by atoms with Gasteiger partial charge in [-0.15, -0.1) is 0 Å². The van der Waals surface area contributed by atoms with Crippen LogP contribution < -0.4 is 14.2 Å². The van der Waals surface area contributed by atoms with E-state index >= 15 is 0 Å². The molecule has 0 unspecified atom stereocenters. The number of phenolic OH excluding ortho intramolecular Hbond substituents is 2. The lowest BCUT2D eigenvalue weighted by Gasteiger charge is -2.31. The monoisotopic (exact) mass is 480 g/mol. The van der Waals surface area contributed by atoms with Crippen LogP contribution in [0.1, 0.15) is 75.0 Å². The van der Waals surface area contributed by atoms with Gasteiger partial charge in [-0.2, -0.15) is 0 Å². The molecule has 6 nitrogen and oxygen atoms in total. The number of allylic oxidation sites excluding steroid dienone is 3. The quantitative estimate of drug-likeness (QED) is 0.368. The van der Waals surface area contributed by atoms with Crippen LogP contribution in [-0.2, 0) is 6.42 Å². The van der Waals surface area contributed by atoms with Gasteiger partial charge in [0.2, 0.25) is 0 Å². The van der Waals surface area contributed by atoms with Gasteiger partial charge in [-0.25, -0.2) is 0 Å². The molecule has 0 saturated carbocycles.